The van der Waals surface area contributed by atoms with Gasteiger partial charge in [0, 0.05) is 38.4 Å². The number of piperazine rings is 1. The van der Waals surface area contributed by atoms with Gasteiger partial charge in [-0.3, -0.25) is 14.9 Å². The van der Waals surface area contributed by atoms with Gasteiger partial charge in [-0.2, -0.15) is 9.40 Å². The summed E-state index contributed by atoms with van der Waals surface area (Å²) in [5.74, 6) is 0.390. The molecule has 0 unspecified atom stereocenters. The van der Waals surface area contributed by atoms with Crippen LogP contribution in [-0.2, 0) is 10.0 Å². The van der Waals surface area contributed by atoms with E-state index in [0.717, 1.165) is 16.1 Å². The van der Waals surface area contributed by atoms with E-state index >= 15 is 0 Å². The number of carbonyl (C=O) groups excluding carboxylic acids is 1. The first kappa shape index (κ1) is 22.4. The first-order chi connectivity index (χ1) is 15.8. The minimum absolute atomic E-state index is 0.0271. The monoisotopic (exact) mass is 471 g/mol. The Morgan fingerprint density at radius 2 is 1.70 bits per heavy atom. The molecule has 1 aromatic heterocycles. The molecule has 12 heteroatoms. The number of methoxy groups -OCH3 is 1. The van der Waals surface area contributed by atoms with Gasteiger partial charge in [0.1, 0.15) is 5.75 Å². The molecular formula is C21H21N5O6S. The molecule has 0 saturated carbocycles. The standard InChI is InChI=1S/C21H21N5O6S/c1-32-17-8-6-16(7-9-17)25-11-10-18(22-25)21(27)23-12-14-24(15-13-23)33(30,31)20-5-3-2-4-19(20)26(28)29/h2-11H,12-15H2,1H3. The predicted octanol–water partition coefficient (Wildman–Crippen LogP) is 1.94. The van der Waals surface area contributed by atoms with E-state index in [9.17, 15) is 23.3 Å². The van der Waals surface area contributed by atoms with E-state index in [1.165, 1.54) is 23.1 Å². The van der Waals surface area contributed by atoms with Gasteiger partial charge >= 0.3 is 0 Å². The molecule has 0 spiro atoms. The lowest BCUT2D eigenvalue weighted by Gasteiger charge is -2.33. The van der Waals surface area contributed by atoms with Crippen molar-refractivity contribution in [3.63, 3.8) is 0 Å². The van der Waals surface area contributed by atoms with Crippen molar-refractivity contribution in [2.75, 3.05) is 33.3 Å². The number of aromatic nitrogens is 2. The van der Waals surface area contributed by atoms with Crippen molar-refractivity contribution in [1.82, 2.24) is 19.0 Å². The molecule has 33 heavy (non-hydrogen) atoms. The highest BCUT2D eigenvalue weighted by molar-refractivity contribution is 7.89. The average molecular weight is 471 g/mol. The summed E-state index contributed by atoms with van der Waals surface area (Å²) in [6, 6.07) is 14.0. The van der Waals surface area contributed by atoms with Gasteiger partial charge in [0.15, 0.2) is 10.6 Å². The summed E-state index contributed by atoms with van der Waals surface area (Å²) in [7, 11) is -2.49. The molecule has 0 radical (unpaired) electrons. The van der Waals surface area contributed by atoms with Gasteiger partial charge in [0.05, 0.1) is 17.7 Å². The number of nitro benzene ring substituents is 1. The van der Waals surface area contributed by atoms with Crippen LogP contribution in [0, 0.1) is 10.1 Å². The number of nitro groups is 1. The molecule has 1 aliphatic heterocycles. The fraction of sp³-hybridized carbons (Fsp3) is 0.238. The third-order valence-corrected chi connectivity index (χ3v) is 7.30. The quantitative estimate of drug-likeness (QED) is 0.397. The van der Waals surface area contributed by atoms with Crippen LogP contribution >= 0.6 is 0 Å². The van der Waals surface area contributed by atoms with E-state index in [4.69, 9.17) is 4.74 Å². The van der Waals surface area contributed by atoms with Gasteiger partial charge in [-0.25, -0.2) is 13.1 Å². The van der Waals surface area contributed by atoms with Crippen molar-refractivity contribution in [2.45, 2.75) is 4.90 Å². The Bertz CT molecular complexity index is 1280. The van der Waals surface area contributed by atoms with Crippen LogP contribution in [-0.4, -0.2) is 71.5 Å². The molecule has 11 nitrogen and oxygen atoms in total. The van der Waals surface area contributed by atoms with E-state index in [2.05, 4.69) is 5.10 Å². The highest BCUT2D eigenvalue weighted by Gasteiger charge is 2.34. The van der Waals surface area contributed by atoms with E-state index < -0.39 is 20.6 Å². The number of para-hydroxylation sites is 1. The van der Waals surface area contributed by atoms with Crippen LogP contribution in [0.2, 0.25) is 0 Å². The molecule has 1 saturated heterocycles. The molecule has 1 amide bonds. The van der Waals surface area contributed by atoms with E-state index in [0.29, 0.717) is 5.75 Å². The van der Waals surface area contributed by atoms with E-state index in [1.54, 1.807) is 36.2 Å². The molecule has 0 atom stereocenters. The number of hydrogen-bond donors (Lipinski definition) is 0. The Hall–Kier alpha value is -3.77. The Balaban J connectivity index is 1.44. The molecule has 3 aromatic rings. The Morgan fingerprint density at radius 3 is 2.33 bits per heavy atom. The molecule has 2 heterocycles. The molecule has 1 fully saturated rings. The average Bonchev–Trinajstić information content (AvgIpc) is 3.34. The maximum Gasteiger partial charge on any atom is 0.289 e. The van der Waals surface area contributed by atoms with Crippen LogP contribution in [0.15, 0.2) is 65.7 Å². The second kappa shape index (κ2) is 9.00. The molecule has 2 aromatic carbocycles. The summed E-state index contributed by atoms with van der Waals surface area (Å²) in [5.41, 5.74) is 0.524. The van der Waals surface area contributed by atoms with Gasteiger partial charge in [-0.15, -0.1) is 0 Å². The smallest absolute Gasteiger partial charge is 0.289 e. The summed E-state index contributed by atoms with van der Waals surface area (Å²) in [4.78, 5) is 24.6. The SMILES string of the molecule is COc1ccc(-n2ccc(C(=O)N3CCN(S(=O)(=O)c4ccccc4[N+](=O)[O-])CC3)n2)cc1. The first-order valence-electron chi connectivity index (χ1n) is 10.0. The van der Waals surface area contributed by atoms with Gasteiger partial charge in [-0.1, -0.05) is 12.1 Å². The number of benzene rings is 2. The molecule has 0 aliphatic carbocycles. The van der Waals surface area contributed by atoms with Crippen molar-refractivity contribution in [3.8, 4) is 11.4 Å². The van der Waals surface area contributed by atoms with E-state index in [1.807, 2.05) is 12.1 Å². The lowest BCUT2D eigenvalue weighted by molar-refractivity contribution is -0.387. The molecule has 4 rings (SSSR count). The first-order valence-corrected chi connectivity index (χ1v) is 11.5. The highest BCUT2D eigenvalue weighted by Crippen LogP contribution is 2.27. The van der Waals surface area contributed by atoms with Crippen molar-refractivity contribution in [3.05, 3.63) is 76.6 Å². The summed E-state index contributed by atoms with van der Waals surface area (Å²) < 4.78 is 33.8. The van der Waals surface area contributed by atoms with Gasteiger partial charge in [0.25, 0.3) is 11.6 Å². The molecule has 0 bridgehead atoms. The number of amides is 1. The van der Waals surface area contributed by atoms with Crippen LogP contribution in [0.5, 0.6) is 5.75 Å². The summed E-state index contributed by atoms with van der Waals surface area (Å²) in [5, 5.41) is 15.6. The lowest BCUT2D eigenvalue weighted by Crippen LogP contribution is -2.50. The predicted molar refractivity (Wildman–Crippen MR) is 118 cm³/mol. The van der Waals surface area contributed by atoms with Crippen molar-refractivity contribution in [1.29, 1.82) is 0 Å². The summed E-state index contributed by atoms with van der Waals surface area (Å²) in [6.07, 6.45) is 1.67. The number of sulfonamides is 1. The molecule has 172 valence electrons. The van der Waals surface area contributed by atoms with Crippen LogP contribution in [0.1, 0.15) is 10.5 Å². The van der Waals surface area contributed by atoms with Gasteiger partial charge in [0.2, 0.25) is 10.0 Å². The second-order valence-electron chi connectivity index (χ2n) is 7.26. The van der Waals surface area contributed by atoms with Crippen LogP contribution in [0.25, 0.3) is 5.69 Å². The highest BCUT2D eigenvalue weighted by atomic mass is 32.2. The van der Waals surface area contributed by atoms with Crippen LogP contribution in [0.4, 0.5) is 5.69 Å². The number of carbonyl (C=O) groups is 1. The normalized spacial score (nSPS) is 14.8. The molecule has 0 N–H and O–H groups in total. The number of hydrogen-bond acceptors (Lipinski definition) is 7. The van der Waals surface area contributed by atoms with Crippen molar-refractivity contribution in [2.24, 2.45) is 0 Å². The van der Waals surface area contributed by atoms with Crippen LogP contribution in [0.3, 0.4) is 0 Å². The minimum atomic E-state index is -4.07. The largest absolute Gasteiger partial charge is 0.497 e. The van der Waals surface area contributed by atoms with Crippen molar-refractivity contribution >= 4 is 21.6 Å². The third kappa shape index (κ3) is 4.43. The fourth-order valence-corrected chi connectivity index (χ4v) is 5.16. The van der Waals surface area contributed by atoms with E-state index in [-0.39, 0.29) is 42.7 Å². The lowest BCUT2D eigenvalue weighted by atomic mass is 10.3. The Labute approximate surface area is 190 Å². The topological polar surface area (TPSA) is 128 Å². The van der Waals surface area contributed by atoms with Crippen molar-refractivity contribution < 1.29 is 22.9 Å². The third-order valence-electron chi connectivity index (χ3n) is 5.35. The molecule has 1 aliphatic rings. The summed E-state index contributed by atoms with van der Waals surface area (Å²) in [6.45, 7) is 0.348. The maximum absolute atomic E-state index is 13.0. The minimum Gasteiger partial charge on any atom is -0.497 e. The zero-order valence-corrected chi connectivity index (χ0v) is 18.5. The number of rotatable bonds is 6. The zero-order chi connectivity index (χ0) is 23.6. The maximum atomic E-state index is 13.0. The van der Waals surface area contributed by atoms with Gasteiger partial charge in [-0.05, 0) is 36.4 Å². The zero-order valence-electron chi connectivity index (χ0n) is 17.7. The molecular weight excluding hydrogens is 450 g/mol. The number of ether oxygens (including phenoxy) is 1. The second-order valence-corrected chi connectivity index (χ2v) is 9.17. The number of nitrogens with zero attached hydrogens (tertiary/aromatic N) is 5. The Kier molecular flexibility index (Phi) is 6.11. The summed E-state index contributed by atoms with van der Waals surface area (Å²) >= 11 is 0. The fourth-order valence-electron chi connectivity index (χ4n) is 3.58. The Morgan fingerprint density at radius 1 is 1.03 bits per heavy atom. The van der Waals surface area contributed by atoms with Gasteiger partial charge < -0.3 is 9.64 Å². The van der Waals surface area contributed by atoms with Crippen LogP contribution < -0.4 is 4.74 Å².